The molecular weight excluding hydrogens is 407 g/mol. The van der Waals surface area contributed by atoms with Crippen LogP contribution in [0.1, 0.15) is 38.8 Å². The zero-order valence-corrected chi connectivity index (χ0v) is 21.1. The topological polar surface area (TPSA) is 18.5 Å². The summed E-state index contributed by atoms with van der Waals surface area (Å²) in [5.41, 5.74) is 2.73. The van der Waals surface area contributed by atoms with Crippen LogP contribution in [0.15, 0.2) is 91.0 Å². The third-order valence-electron chi connectivity index (χ3n) is 7.03. The SMILES string of the molecule is CC1(C)OB(/C(=C(\c2ccccc2)[Si](C)(C)c2ccccc2)c2ccccc2)OC1(C)C. The molecule has 164 valence electrons. The molecule has 3 aromatic carbocycles. The number of rotatable bonds is 5. The highest BCUT2D eigenvalue weighted by molar-refractivity contribution is 7.07. The van der Waals surface area contributed by atoms with E-state index in [1.165, 1.54) is 15.9 Å². The first-order valence-corrected chi connectivity index (χ1v) is 14.4. The smallest absolute Gasteiger partial charge is 0.399 e. The van der Waals surface area contributed by atoms with E-state index in [-0.39, 0.29) is 0 Å². The average Bonchev–Trinajstić information content (AvgIpc) is 3.00. The van der Waals surface area contributed by atoms with Crippen molar-refractivity contribution in [3.05, 3.63) is 102 Å². The van der Waals surface area contributed by atoms with Gasteiger partial charge in [0.05, 0.1) is 11.2 Å². The molecular formula is C28H33BO2Si. The van der Waals surface area contributed by atoms with Crippen molar-refractivity contribution in [1.29, 1.82) is 0 Å². The van der Waals surface area contributed by atoms with E-state index in [1.54, 1.807) is 0 Å². The van der Waals surface area contributed by atoms with Gasteiger partial charge in [-0.25, -0.2) is 0 Å². The summed E-state index contributed by atoms with van der Waals surface area (Å²) in [7, 11) is -2.57. The van der Waals surface area contributed by atoms with Gasteiger partial charge in [0.25, 0.3) is 0 Å². The van der Waals surface area contributed by atoms with Crippen molar-refractivity contribution in [3.63, 3.8) is 0 Å². The second-order valence-corrected chi connectivity index (χ2v) is 14.4. The van der Waals surface area contributed by atoms with Crippen LogP contribution in [0.4, 0.5) is 0 Å². The van der Waals surface area contributed by atoms with Gasteiger partial charge in [0.2, 0.25) is 0 Å². The molecule has 0 unspecified atom stereocenters. The van der Waals surface area contributed by atoms with Crippen molar-refractivity contribution < 1.29 is 9.31 Å². The highest BCUT2D eigenvalue weighted by Gasteiger charge is 2.54. The first-order chi connectivity index (χ1) is 15.1. The van der Waals surface area contributed by atoms with Crippen molar-refractivity contribution in [2.75, 3.05) is 0 Å². The molecule has 4 rings (SSSR count). The summed E-state index contributed by atoms with van der Waals surface area (Å²) >= 11 is 0. The Morgan fingerprint density at radius 2 is 1.03 bits per heavy atom. The number of hydrogen-bond donors (Lipinski definition) is 0. The molecule has 4 heteroatoms. The molecule has 0 amide bonds. The van der Waals surface area contributed by atoms with Gasteiger partial charge in [-0.2, -0.15) is 0 Å². The van der Waals surface area contributed by atoms with E-state index in [9.17, 15) is 0 Å². The summed E-state index contributed by atoms with van der Waals surface area (Å²) in [5, 5.41) is 2.75. The summed E-state index contributed by atoms with van der Waals surface area (Å²) in [5.74, 6) is 0. The maximum absolute atomic E-state index is 6.66. The lowest BCUT2D eigenvalue weighted by Gasteiger charge is -2.32. The Labute approximate surface area is 194 Å². The van der Waals surface area contributed by atoms with E-state index in [0.717, 1.165) is 11.0 Å². The quantitative estimate of drug-likeness (QED) is 0.338. The van der Waals surface area contributed by atoms with Gasteiger partial charge in [-0.15, -0.1) is 0 Å². The van der Waals surface area contributed by atoms with Gasteiger partial charge < -0.3 is 9.31 Å². The predicted octanol–water partition coefficient (Wildman–Crippen LogP) is 6.38. The van der Waals surface area contributed by atoms with Gasteiger partial charge >= 0.3 is 7.12 Å². The molecule has 1 aliphatic heterocycles. The number of hydrogen-bond acceptors (Lipinski definition) is 2. The molecule has 1 saturated heterocycles. The fraction of sp³-hybridized carbons (Fsp3) is 0.286. The standard InChI is InChI=1S/C28H33BO2Si/c1-27(2)28(3,4)31-29(30-27)25(22-16-10-7-11-17-22)26(23-18-12-8-13-19-23)32(5,6)24-20-14-9-15-21-24/h7-21H,1-6H3/b26-25+. The van der Waals surface area contributed by atoms with Gasteiger partial charge in [0.1, 0.15) is 8.07 Å². The Balaban J connectivity index is 2.04. The molecule has 2 nitrogen and oxygen atoms in total. The fourth-order valence-corrected chi connectivity index (χ4v) is 7.57. The van der Waals surface area contributed by atoms with Crippen molar-refractivity contribution in [2.45, 2.75) is 52.0 Å². The highest BCUT2D eigenvalue weighted by atomic mass is 28.3. The van der Waals surface area contributed by atoms with Crippen LogP contribution in [0, 0.1) is 0 Å². The van der Waals surface area contributed by atoms with Gasteiger partial charge in [-0.05, 0) is 49.5 Å². The van der Waals surface area contributed by atoms with Gasteiger partial charge in [-0.3, -0.25) is 0 Å². The Bertz CT molecular complexity index is 1070. The van der Waals surface area contributed by atoms with Crippen LogP contribution in [0.3, 0.4) is 0 Å². The summed E-state index contributed by atoms with van der Waals surface area (Å²) in [6.07, 6.45) is 0. The summed E-state index contributed by atoms with van der Waals surface area (Å²) in [6, 6.07) is 32.3. The van der Waals surface area contributed by atoms with Crippen molar-refractivity contribution in [1.82, 2.24) is 0 Å². The maximum Gasteiger partial charge on any atom is 0.495 e. The van der Waals surface area contributed by atoms with Crippen LogP contribution in [0.5, 0.6) is 0 Å². The lowest BCUT2D eigenvalue weighted by atomic mass is 9.73. The Morgan fingerprint density at radius 3 is 1.50 bits per heavy atom. The van der Waals surface area contributed by atoms with Gasteiger partial charge in [0.15, 0.2) is 0 Å². The number of benzene rings is 3. The molecule has 1 heterocycles. The van der Waals surface area contributed by atoms with Crippen LogP contribution in [0.2, 0.25) is 13.1 Å². The average molecular weight is 440 g/mol. The van der Waals surface area contributed by atoms with Crippen LogP contribution in [-0.4, -0.2) is 26.4 Å². The lowest BCUT2D eigenvalue weighted by molar-refractivity contribution is 0.00578. The normalized spacial score (nSPS) is 18.4. The monoisotopic (exact) mass is 440 g/mol. The third-order valence-corrected chi connectivity index (χ3v) is 10.6. The van der Waals surface area contributed by atoms with Crippen molar-refractivity contribution >= 4 is 31.0 Å². The largest absolute Gasteiger partial charge is 0.495 e. The summed E-state index contributed by atoms with van der Waals surface area (Å²) in [6.45, 7) is 13.3. The van der Waals surface area contributed by atoms with E-state index in [0.29, 0.717) is 0 Å². The first kappa shape index (κ1) is 22.8. The Morgan fingerprint density at radius 1 is 0.625 bits per heavy atom. The van der Waals surface area contributed by atoms with Crippen molar-refractivity contribution in [2.24, 2.45) is 0 Å². The van der Waals surface area contributed by atoms with E-state index in [2.05, 4.69) is 132 Å². The molecule has 0 aromatic heterocycles. The Hall–Kier alpha value is -2.40. The first-order valence-electron chi connectivity index (χ1n) is 11.4. The molecule has 0 radical (unpaired) electrons. The summed E-state index contributed by atoms with van der Waals surface area (Å²) < 4.78 is 13.3. The third kappa shape index (κ3) is 4.15. The lowest BCUT2D eigenvalue weighted by Crippen LogP contribution is -2.44. The molecule has 32 heavy (non-hydrogen) atoms. The molecule has 0 bridgehead atoms. The van der Waals surface area contributed by atoms with Crippen LogP contribution in [0.25, 0.3) is 10.7 Å². The summed E-state index contributed by atoms with van der Waals surface area (Å²) in [4.78, 5) is 0. The minimum absolute atomic E-state index is 0.405. The van der Waals surface area contributed by atoms with Crippen LogP contribution >= 0.6 is 0 Å². The Kier molecular flexibility index (Phi) is 6.06. The van der Waals surface area contributed by atoms with E-state index in [1.807, 2.05) is 0 Å². The molecule has 0 atom stereocenters. The van der Waals surface area contributed by atoms with Crippen LogP contribution < -0.4 is 5.19 Å². The molecule has 0 spiro atoms. The van der Waals surface area contributed by atoms with E-state index < -0.39 is 26.4 Å². The molecule has 0 saturated carbocycles. The van der Waals surface area contributed by atoms with Crippen molar-refractivity contribution in [3.8, 4) is 0 Å². The zero-order valence-electron chi connectivity index (χ0n) is 20.1. The molecule has 3 aromatic rings. The van der Waals surface area contributed by atoms with E-state index in [4.69, 9.17) is 9.31 Å². The highest BCUT2D eigenvalue weighted by Crippen LogP contribution is 2.44. The zero-order chi connectivity index (χ0) is 23.0. The molecule has 0 N–H and O–H groups in total. The van der Waals surface area contributed by atoms with E-state index >= 15 is 0 Å². The minimum Gasteiger partial charge on any atom is -0.399 e. The predicted molar refractivity (Wildman–Crippen MR) is 139 cm³/mol. The fourth-order valence-electron chi connectivity index (χ4n) is 4.43. The second-order valence-electron chi connectivity index (χ2n) is 10.1. The molecule has 0 aliphatic carbocycles. The molecule has 1 aliphatic rings. The second kappa shape index (κ2) is 8.51. The van der Waals surface area contributed by atoms with Crippen LogP contribution in [-0.2, 0) is 9.31 Å². The maximum atomic E-state index is 6.66. The van der Waals surface area contributed by atoms with Gasteiger partial charge in [-0.1, -0.05) is 109 Å². The minimum atomic E-state index is -2.14. The molecule has 1 fully saturated rings. The van der Waals surface area contributed by atoms with Gasteiger partial charge in [0, 0.05) is 0 Å².